The van der Waals surface area contributed by atoms with Gasteiger partial charge in [0.05, 0.1) is 18.8 Å². The molecule has 0 saturated heterocycles. The Balaban J connectivity index is 4.67. The smallest absolute Gasteiger partial charge is 0.192 e. The van der Waals surface area contributed by atoms with E-state index < -0.39 is 22.5 Å². The molecule has 162 valence electrons. The highest BCUT2D eigenvalue weighted by Gasteiger charge is 2.41. The molecule has 3 atom stereocenters. The molecule has 0 saturated carbocycles. The monoisotopic (exact) mass is 418 g/mol. The molecule has 0 bridgehead atoms. The summed E-state index contributed by atoms with van der Waals surface area (Å²) in [6, 6.07) is 1.15. The Bertz CT molecular complexity index is 438. The second-order valence-electron chi connectivity index (χ2n) is 10.6. The third-order valence-corrected chi connectivity index (χ3v) is 11.8. The first-order valence-corrected chi connectivity index (χ1v) is 16.9. The van der Waals surface area contributed by atoms with Gasteiger partial charge >= 0.3 is 0 Å². The van der Waals surface area contributed by atoms with E-state index in [1.165, 1.54) is 0 Å². The zero-order valence-corrected chi connectivity index (χ0v) is 21.6. The minimum atomic E-state index is -1.94. The van der Waals surface area contributed by atoms with E-state index in [1.807, 2.05) is 13.8 Å². The molecule has 1 unspecified atom stereocenters. The fourth-order valence-electron chi connectivity index (χ4n) is 2.39. The van der Waals surface area contributed by atoms with E-state index in [-0.39, 0.29) is 17.1 Å². The van der Waals surface area contributed by atoms with Gasteiger partial charge in [0.2, 0.25) is 0 Å². The average Bonchev–Trinajstić information content (AvgIpc) is 2.48. The summed E-state index contributed by atoms with van der Waals surface area (Å²) >= 11 is 0. The molecule has 0 fully saturated rings. The maximum Gasteiger partial charge on any atom is 0.192 e. The quantitative estimate of drug-likeness (QED) is 0.181. The molecule has 0 aliphatic rings. The topological polar surface area (TPSA) is 47.9 Å². The van der Waals surface area contributed by atoms with Gasteiger partial charge in [-0.05, 0) is 37.5 Å². The predicted octanol–water partition coefficient (Wildman–Crippen LogP) is 5.67. The number of aliphatic hydroxyl groups is 1. The summed E-state index contributed by atoms with van der Waals surface area (Å²) in [6.45, 7) is 27.7. The van der Waals surface area contributed by atoms with Gasteiger partial charge < -0.3 is 19.0 Å². The first-order chi connectivity index (χ1) is 12.1. The Hall–Kier alpha value is 0.0138. The van der Waals surface area contributed by atoms with Crippen LogP contribution in [0.2, 0.25) is 43.8 Å². The summed E-state index contributed by atoms with van der Waals surface area (Å²) < 4.78 is 17.9. The van der Waals surface area contributed by atoms with E-state index in [2.05, 4.69) is 60.1 Å². The van der Waals surface area contributed by atoms with Gasteiger partial charge in [-0.15, -0.1) is 0 Å². The van der Waals surface area contributed by atoms with Crippen molar-refractivity contribution in [3.8, 4) is 0 Å². The third kappa shape index (κ3) is 10.9. The van der Waals surface area contributed by atoms with Gasteiger partial charge in [-0.3, -0.25) is 0 Å². The molecule has 0 spiro atoms. The van der Waals surface area contributed by atoms with Crippen molar-refractivity contribution >= 4 is 16.4 Å². The molecular weight excluding hydrogens is 372 g/mol. The number of ether oxygens (including phenoxy) is 2. The lowest BCUT2D eigenvalue weighted by Gasteiger charge is -2.41. The van der Waals surface area contributed by atoms with Crippen LogP contribution >= 0.6 is 0 Å². The lowest BCUT2D eigenvalue weighted by atomic mass is 9.92. The van der Waals surface area contributed by atoms with Gasteiger partial charge in [0.25, 0.3) is 0 Å². The van der Waals surface area contributed by atoms with Crippen molar-refractivity contribution in [3.63, 3.8) is 0 Å². The summed E-state index contributed by atoms with van der Waals surface area (Å²) in [7, 11) is -3.00. The molecule has 0 aliphatic carbocycles. The van der Waals surface area contributed by atoms with E-state index in [0.717, 1.165) is 24.6 Å². The van der Waals surface area contributed by atoms with E-state index in [1.54, 1.807) is 0 Å². The molecular formula is C21H46O4Si2. The molecule has 0 aromatic carbocycles. The Morgan fingerprint density at radius 3 is 2.00 bits per heavy atom. The van der Waals surface area contributed by atoms with Crippen LogP contribution in [0.3, 0.4) is 0 Å². The van der Waals surface area contributed by atoms with Crippen LogP contribution in [-0.4, -0.2) is 53.7 Å². The molecule has 0 aromatic rings. The van der Waals surface area contributed by atoms with Gasteiger partial charge in [0.15, 0.2) is 8.32 Å². The van der Waals surface area contributed by atoms with E-state index in [9.17, 15) is 5.11 Å². The van der Waals surface area contributed by atoms with Crippen molar-refractivity contribution in [3.05, 3.63) is 12.2 Å². The van der Waals surface area contributed by atoms with Crippen LogP contribution in [0, 0.1) is 5.92 Å². The highest BCUT2D eigenvalue weighted by molar-refractivity contribution is 6.76. The second-order valence-corrected chi connectivity index (χ2v) is 21.0. The highest BCUT2D eigenvalue weighted by atomic mass is 28.4. The normalized spacial score (nSPS) is 16.9. The molecule has 0 rings (SSSR count). The second kappa shape index (κ2) is 11.3. The van der Waals surface area contributed by atoms with Crippen molar-refractivity contribution < 1.29 is 19.0 Å². The molecule has 6 heteroatoms. The van der Waals surface area contributed by atoms with Gasteiger partial charge in [-0.25, -0.2) is 0 Å². The first kappa shape index (κ1) is 27.0. The summed E-state index contributed by atoms with van der Waals surface area (Å²) in [5, 5.41) is 10.6. The van der Waals surface area contributed by atoms with E-state index in [4.69, 9.17) is 13.9 Å². The van der Waals surface area contributed by atoms with Crippen LogP contribution in [0.5, 0.6) is 0 Å². The Kier molecular flexibility index (Phi) is 11.3. The molecule has 0 amide bonds. The maximum absolute atomic E-state index is 10.5. The Morgan fingerprint density at radius 1 is 1.04 bits per heavy atom. The van der Waals surface area contributed by atoms with E-state index in [0.29, 0.717) is 13.4 Å². The largest absolute Gasteiger partial charge is 0.413 e. The van der Waals surface area contributed by atoms with Crippen LogP contribution in [0.4, 0.5) is 0 Å². The molecule has 27 heavy (non-hydrogen) atoms. The fraction of sp³-hybridized carbons (Fsp3) is 0.905. The minimum Gasteiger partial charge on any atom is -0.413 e. The summed E-state index contributed by atoms with van der Waals surface area (Å²) in [5.41, 5.74) is 0.780. The zero-order chi connectivity index (χ0) is 21.5. The van der Waals surface area contributed by atoms with Crippen LogP contribution in [0.1, 0.15) is 41.0 Å². The maximum atomic E-state index is 10.5. The molecule has 1 N–H and O–H groups in total. The minimum absolute atomic E-state index is 0.0203. The standard InChI is InChI=1S/C21H46O4Si2/c1-17(2)20(22)18(3)19(25-27(10,11)21(4,5)6)12-13-23-16-24-14-15-26(7,8)9/h18-20,22H,1,12-16H2,2-11H3/t18-,19-,20?/m0/s1. The summed E-state index contributed by atoms with van der Waals surface area (Å²) in [6.07, 6.45) is 0.127. The number of hydrogen-bond donors (Lipinski definition) is 1. The van der Waals surface area contributed by atoms with Gasteiger partial charge in [-0.2, -0.15) is 0 Å². The Morgan fingerprint density at radius 2 is 1.56 bits per heavy atom. The predicted molar refractivity (Wildman–Crippen MR) is 122 cm³/mol. The number of aliphatic hydroxyl groups excluding tert-OH is 1. The molecule has 0 radical (unpaired) electrons. The van der Waals surface area contributed by atoms with Crippen LogP contribution < -0.4 is 0 Å². The van der Waals surface area contributed by atoms with Gasteiger partial charge in [0.1, 0.15) is 6.79 Å². The van der Waals surface area contributed by atoms with Crippen molar-refractivity contribution in [2.45, 2.75) is 97.1 Å². The molecule has 4 nitrogen and oxygen atoms in total. The first-order valence-electron chi connectivity index (χ1n) is 10.3. The Labute approximate surface area is 170 Å². The summed E-state index contributed by atoms with van der Waals surface area (Å²) in [5.74, 6) is -0.0203. The lowest BCUT2D eigenvalue weighted by Crippen LogP contribution is -2.47. The fourth-order valence-corrected chi connectivity index (χ4v) is 4.59. The van der Waals surface area contributed by atoms with Crippen molar-refractivity contribution in [2.24, 2.45) is 5.92 Å². The molecule has 0 heterocycles. The highest BCUT2D eigenvalue weighted by Crippen LogP contribution is 2.39. The molecule has 0 aromatic heterocycles. The number of hydrogen-bond acceptors (Lipinski definition) is 4. The number of rotatable bonds is 13. The van der Waals surface area contributed by atoms with Crippen molar-refractivity contribution in [2.75, 3.05) is 20.0 Å². The van der Waals surface area contributed by atoms with Crippen LogP contribution in [0.15, 0.2) is 12.2 Å². The lowest BCUT2D eigenvalue weighted by molar-refractivity contribution is -0.0620. The zero-order valence-electron chi connectivity index (χ0n) is 19.6. The van der Waals surface area contributed by atoms with Crippen LogP contribution in [0.25, 0.3) is 0 Å². The van der Waals surface area contributed by atoms with E-state index >= 15 is 0 Å². The molecule has 0 aliphatic heterocycles. The van der Waals surface area contributed by atoms with Gasteiger partial charge in [0, 0.05) is 20.6 Å². The van der Waals surface area contributed by atoms with Crippen molar-refractivity contribution in [1.29, 1.82) is 0 Å². The summed E-state index contributed by atoms with van der Waals surface area (Å²) in [4.78, 5) is 0. The van der Waals surface area contributed by atoms with Gasteiger partial charge in [-0.1, -0.05) is 59.5 Å². The van der Waals surface area contributed by atoms with Crippen molar-refractivity contribution in [1.82, 2.24) is 0 Å². The average molecular weight is 419 g/mol. The SMILES string of the molecule is C=C(C)C(O)[C@@H](C)[C@H](CCOCOCC[Si](C)(C)C)O[Si](C)(C)C(C)(C)C. The third-order valence-electron chi connectivity index (χ3n) is 5.55. The van der Waals surface area contributed by atoms with Crippen LogP contribution in [-0.2, 0) is 13.9 Å².